The average Bonchev–Trinajstić information content (AvgIpc) is 3.22. The summed E-state index contributed by atoms with van der Waals surface area (Å²) in [5.74, 6) is -0.934. The summed E-state index contributed by atoms with van der Waals surface area (Å²) >= 11 is 0. The number of hydrogen-bond donors (Lipinski definition) is 0. The summed E-state index contributed by atoms with van der Waals surface area (Å²) in [5.41, 5.74) is 0.998. The molecule has 0 aromatic heterocycles. The Morgan fingerprint density at radius 2 is 1.61 bits per heavy atom. The highest BCUT2D eigenvalue weighted by Crippen LogP contribution is 2.25. The fourth-order valence-corrected chi connectivity index (χ4v) is 5.18. The maximum absolute atomic E-state index is 12.7. The molecule has 2 aliphatic rings. The number of likely N-dealkylation sites (tertiary alicyclic amines) is 1. The molecule has 0 bridgehead atoms. The molecule has 0 saturated carbocycles. The summed E-state index contributed by atoms with van der Waals surface area (Å²) in [6, 6.07) is 6.76. The lowest BCUT2D eigenvalue weighted by Gasteiger charge is -2.31. The van der Waals surface area contributed by atoms with Gasteiger partial charge in [0.2, 0.25) is 10.0 Å². The lowest BCUT2D eigenvalue weighted by atomic mass is 9.98. The zero-order chi connectivity index (χ0) is 20.3. The molecule has 1 aromatic rings. The molecule has 2 fully saturated rings. The van der Waals surface area contributed by atoms with Crippen LogP contribution in [0.3, 0.4) is 0 Å². The summed E-state index contributed by atoms with van der Waals surface area (Å²) in [7, 11) is -3.56. The monoisotopic (exact) mass is 408 g/mol. The number of piperidine rings is 1. The number of esters is 1. The van der Waals surface area contributed by atoms with Crippen LogP contribution in [0.1, 0.15) is 38.2 Å². The Hall–Kier alpha value is -1.93. The molecule has 8 heteroatoms. The summed E-state index contributed by atoms with van der Waals surface area (Å²) < 4.78 is 32.3. The van der Waals surface area contributed by atoms with Gasteiger partial charge in [0, 0.05) is 26.2 Å². The third kappa shape index (κ3) is 4.55. The third-order valence-corrected chi connectivity index (χ3v) is 7.42. The zero-order valence-corrected chi connectivity index (χ0v) is 17.3. The number of aryl methyl sites for hydroxylation is 1. The summed E-state index contributed by atoms with van der Waals surface area (Å²) in [6.07, 6.45) is 1.98. The van der Waals surface area contributed by atoms with Crippen LogP contribution in [-0.2, 0) is 24.3 Å². The van der Waals surface area contributed by atoms with E-state index in [4.69, 9.17) is 4.74 Å². The van der Waals surface area contributed by atoms with Crippen molar-refractivity contribution in [3.05, 3.63) is 29.8 Å². The van der Waals surface area contributed by atoms with E-state index in [1.54, 1.807) is 36.1 Å². The Bertz CT molecular complexity index is 808. The molecular formula is C20H28N2O5S. The second kappa shape index (κ2) is 8.61. The molecule has 1 atom stereocenters. The second-order valence-electron chi connectivity index (χ2n) is 7.60. The Balaban J connectivity index is 1.53. The molecule has 1 unspecified atom stereocenters. The van der Waals surface area contributed by atoms with Gasteiger partial charge in [-0.2, -0.15) is 4.31 Å². The summed E-state index contributed by atoms with van der Waals surface area (Å²) in [5, 5.41) is 0. The molecule has 3 rings (SSSR count). The van der Waals surface area contributed by atoms with Gasteiger partial charge in [0.1, 0.15) is 0 Å². The minimum absolute atomic E-state index is 0.148. The van der Waals surface area contributed by atoms with E-state index in [0.29, 0.717) is 12.8 Å². The van der Waals surface area contributed by atoms with Gasteiger partial charge in [0.15, 0.2) is 6.10 Å². The van der Waals surface area contributed by atoms with Crippen LogP contribution in [0.25, 0.3) is 0 Å². The third-order valence-electron chi connectivity index (χ3n) is 5.50. The lowest BCUT2D eigenvalue weighted by molar-refractivity contribution is -0.163. The Labute approximate surface area is 166 Å². The molecule has 0 aliphatic carbocycles. The van der Waals surface area contributed by atoms with Gasteiger partial charge in [-0.1, -0.05) is 17.7 Å². The highest BCUT2D eigenvalue weighted by Gasteiger charge is 2.34. The van der Waals surface area contributed by atoms with Crippen LogP contribution in [0.4, 0.5) is 0 Å². The first-order chi connectivity index (χ1) is 13.3. The van der Waals surface area contributed by atoms with Crippen molar-refractivity contribution in [2.24, 2.45) is 5.92 Å². The van der Waals surface area contributed by atoms with Gasteiger partial charge in [-0.3, -0.25) is 9.59 Å². The van der Waals surface area contributed by atoms with E-state index in [2.05, 4.69) is 0 Å². The van der Waals surface area contributed by atoms with E-state index < -0.39 is 22.1 Å². The first-order valence-electron chi connectivity index (χ1n) is 9.85. The molecule has 1 aromatic carbocycles. The van der Waals surface area contributed by atoms with Crippen LogP contribution < -0.4 is 0 Å². The van der Waals surface area contributed by atoms with Crippen LogP contribution in [0, 0.1) is 12.8 Å². The topological polar surface area (TPSA) is 84.0 Å². The Morgan fingerprint density at radius 1 is 1.04 bits per heavy atom. The maximum Gasteiger partial charge on any atom is 0.309 e. The highest BCUT2D eigenvalue weighted by molar-refractivity contribution is 7.89. The molecule has 0 radical (unpaired) electrons. The molecule has 154 valence electrons. The van der Waals surface area contributed by atoms with E-state index in [9.17, 15) is 18.0 Å². The molecule has 0 N–H and O–H groups in total. The molecule has 2 saturated heterocycles. The predicted molar refractivity (Wildman–Crippen MR) is 104 cm³/mol. The summed E-state index contributed by atoms with van der Waals surface area (Å²) in [6.45, 7) is 5.49. The minimum atomic E-state index is -3.56. The standard InChI is InChI=1S/C20H28N2O5S/c1-15-5-7-18(8-6-15)28(25,26)22-13-9-17(10-14-22)20(24)27-16(2)19(23)21-11-3-4-12-21/h5-8,16-17H,3-4,9-14H2,1-2H3. The highest BCUT2D eigenvalue weighted by atomic mass is 32.2. The fourth-order valence-electron chi connectivity index (χ4n) is 3.71. The average molecular weight is 409 g/mol. The Morgan fingerprint density at radius 3 is 2.18 bits per heavy atom. The number of ether oxygens (including phenoxy) is 1. The van der Waals surface area contributed by atoms with E-state index in [-0.39, 0.29) is 29.8 Å². The van der Waals surface area contributed by atoms with E-state index in [1.807, 2.05) is 6.92 Å². The zero-order valence-electron chi connectivity index (χ0n) is 16.5. The van der Waals surface area contributed by atoms with Crippen molar-refractivity contribution >= 4 is 21.9 Å². The minimum Gasteiger partial charge on any atom is -0.452 e. The quantitative estimate of drug-likeness (QED) is 0.696. The number of carbonyl (C=O) groups is 2. The van der Waals surface area contributed by atoms with Crippen molar-refractivity contribution in [1.82, 2.24) is 9.21 Å². The number of hydrogen-bond acceptors (Lipinski definition) is 5. The smallest absolute Gasteiger partial charge is 0.309 e. The van der Waals surface area contributed by atoms with Crippen LogP contribution in [0.15, 0.2) is 29.2 Å². The number of carbonyl (C=O) groups excluding carboxylic acids is 2. The van der Waals surface area contributed by atoms with Crippen LogP contribution >= 0.6 is 0 Å². The SMILES string of the molecule is Cc1ccc(S(=O)(=O)N2CCC(C(=O)OC(C)C(=O)N3CCCC3)CC2)cc1. The second-order valence-corrected chi connectivity index (χ2v) is 9.54. The van der Waals surface area contributed by atoms with Gasteiger partial charge in [0.05, 0.1) is 10.8 Å². The molecule has 2 heterocycles. The lowest BCUT2D eigenvalue weighted by Crippen LogP contribution is -2.43. The van der Waals surface area contributed by atoms with Gasteiger partial charge in [-0.15, -0.1) is 0 Å². The van der Waals surface area contributed by atoms with Crippen LogP contribution in [0.2, 0.25) is 0 Å². The normalized spacial score (nSPS) is 20.1. The van der Waals surface area contributed by atoms with Crippen molar-refractivity contribution in [2.45, 2.75) is 50.5 Å². The van der Waals surface area contributed by atoms with Gasteiger partial charge >= 0.3 is 5.97 Å². The number of nitrogens with zero attached hydrogens (tertiary/aromatic N) is 2. The molecular weight excluding hydrogens is 380 g/mol. The summed E-state index contributed by atoms with van der Waals surface area (Å²) in [4.78, 5) is 26.7. The van der Waals surface area contributed by atoms with Crippen molar-refractivity contribution in [3.8, 4) is 0 Å². The Kier molecular flexibility index (Phi) is 6.40. The molecule has 0 spiro atoms. The van der Waals surface area contributed by atoms with E-state index in [1.165, 1.54) is 4.31 Å². The van der Waals surface area contributed by atoms with Crippen LogP contribution in [-0.4, -0.2) is 61.8 Å². The van der Waals surface area contributed by atoms with Crippen molar-refractivity contribution in [1.29, 1.82) is 0 Å². The number of sulfonamides is 1. The van der Waals surface area contributed by atoms with Gasteiger partial charge in [-0.05, 0) is 51.7 Å². The first-order valence-corrected chi connectivity index (χ1v) is 11.3. The van der Waals surface area contributed by atoms with Gasteiger partial charge < -0.3 is 9.64 Å². The van der Waals surface area contributed by atoms with Gasteiger partial charge in [0.25, 0.3) is 5.91 Å². The van der Waals surface area contributed by atoms with E-state index in [0.717, 1.165) is 31.5 Å². The molecule has 28 heavy (non-hydrogen) atoms. The number of rotatable bonds is 5. The molecule has 1 amide bonds. The maximum atomic E-state index is 12.7. The van der Waals surface area contributed by atoms with Crippen LogP contribution in [0.5, 0.6) is 0 Å². The van der Waals surface area contributed by atoms with Crippen molar-refractivity contribution in [2.75, 3.05) is 26.2 Å². The number of benzene rings is 1. The fraction of sp³-hybridized carbons (Fsp3) is 0.600. The predicted octanol–water partition coefficient (Wildman–Crippen LogP) is 1.95. The number of amides is 1. The van der Waals surface area contributed by atoms with Crippen molar-refractivity contribution in [3.63, 3.8) is 0 Å². The first kappa shape index (κ1) is 20.8. The van der Waals surface area contributed by atoms with Gasteiger partial charge in [-0.25, -0.2) is 8.42 Å². The van der Waals surface area contributed by atoms with E-state index >= 15 is 0 Å². The van der Waals surface area contributed by atoms with Crippen molar-refractivity contribution < 1.29 is 22.7 Å². The molecule has 7 nitrogen and oxygen atoms in total. The molecule has 2 aliphatic heterocycles. The largest absolute Gasteiger partial charge is 0.452 e.